The Morgan fingerprint density at radius 3 is 2.78 bits per heavy atom. The van der Waals surface area contributed by atoms with E-state index in [1.165, 1.54) is 30.5 Å². The summed E-state index contributed by atoms with van der Waals surface area (Å²) in [5.41, 5.74) is -0.459. The first-order valence-electron chi connectivity index (χ1n) is 8.41. The summed E-state index contributed by atoms with van der Waals surface area (Å²) in [6.45, 7) is 0.560. The van der Waals surface area contributed by atoms with Gasteiger partial charge in [-0.05, 0) is 38.0 Å². The van der Waals surface area contributed by atoms with Gasteiger partial charge in [0.2, 0.25) is 0 Å². The molecule has 0 fully saturated rings. The number of hydrogen-bond donors (Lipinski definition) is 1. The van der Waals surface area contributed by atoms with Crippen molar-refractivity contribution in [2.45, 2.75) is 25.7 Å². The molecule has 6 nitrogen and oxygen atoms in total. The van der Waals surface area contributed by atoms with Gasteiger partial charge < -0.3 is 10.1 Å². The van der Waals surface area contributed by atoms with Crippen LogP contribution in [-0.4, -0.2) is 41.5 Å². The Hall–Kier alpha value is -2.48. The van der Waals surface area contributed by atoms with Crippen LogP contribution in [0.4, 0.5) is 8.78 Å². The molecule has 27 heavy (non-hydrogen) atoms. The van der Waals surface area contributed by atoms with Crippen molar-refractivity contribution in [2.75, 3.05) is 19.7 Å². The van der Waals surface area contributed by atoms with E-state index in [-0.39, 0.29) is 17.5 Å². The number of allylic oxidation sites excluding steroid dienone is 2. The summed E-state index contributed by atoms with van der Waals surface area (Å²) < 4.78 is 33.5. The van der Waals surface area contributed by atoms with Crippen LogP contribution >= 0.6 is 11.6 Å². The van der Waals surface area contributed by atoms with E-state index in [9.17, 15) is 18.4 Å². The molecule has 0 saturated heterocycles. The fourth-order valence-electron chi connectivity index (χ4n) is 2.38. The Kier molecular flexibility index (Phi) is 7.29. The molecule has 2 rings (SSSR count). The number of amides is 1. The minimum absolute atomic E-state index is 0.0527. The summed E-state index contributed by atoms with van der Waals surface area (Å²) in [6.07, 6.45) is 5.30. The zero-order valence-corrected chi connectivity index (χ0v) is 15.5. The SMILES string of the molecule is CCOC(=O)CN1C(=O)C(NCC(F)(F)c2ccccn2)=CCCC=C1Cl. The molecule has 1 aliphatic heterocycles. The van der Waals surface area contributed by atoms with Gasteiger partial charge in [0.05, 0.1) is 18.8 Å². The molecule has 1 N–H and O–H groups in total. The zero-order chi connectivity index (χ0) is 19.9. The van der Waals surface area contributed by atoms with E-state index in [1.54, 1.807) is 13.0 Å². The molecule has 0 radical (unpaired) electrons. The van der Waals surface area contributed by atoms with Crippen LogP contribution in [0.3, 0.4) is 0 Å². The van der Waals surface area contributed by atoms with E-state index in [2.05, 4.69) is 10.3 Å². The molecule has 2 heterocycles. The Labute approximate surface area is 160 Å². The van der Waals surface area contributed by atoms with E-state index in [4.69, 9.17) is 16.3 Å². The Bertz CT molecular complexity index is 739. The van der Waals surface area contributed by atoms with Gasteiger partial charge in [-0.15, -0.1) is 0 Å². The van der Waals surface area contributed by atoms with Gasteiger partial charge >= 0.3 is 11.9 Å². The summed E-state index contributed by atoms with van der Waals surface area (Å²) in [4.78, 5) is 29.1. The number of carbonyl (C=O) groups excluding carboxylic acids is 2. The minimum atomic E-state index is -3.28. The number of halogens is 3. The normalized spacial score (nSPS) is 15.4. The fraction of sp³-hybridized carbons (Fsp3) is 0.389. The van der Waals surface area contributed by atoms with Crippen LogP contribution in [-0.2, 0) is 20.2 Å². The maximum Gasteiger partial charge on any atom is 0.326 e. The van der Waals surface area contributed by atoms with Crippen LogP contribution in [0.2, 0.25) is 0 Å². The molecule has 1 aliphatic rings. The second kappa shape index (κ2) is 9.45. The van der Waals surface area contributed by atoms with Gasteiger partial charge in [0, 0.05) is 6.20 Å². The molecule has 146 valence electrons. The lowest BCUT2D eigenvalue weighted by atomic mass is 10.1. The van der Waals surface area contributed by atoms with Crippen molar-refractivity contribution < 1.29 is 23.1 Å². The lowest BCUT2D eigenvalue weighted by molar-refractivity contribution is -0.146. The van der Waals surface area contributed by atoms with Crippen LogP contribution in [0.5, 0.6) is 0 Å². The molecule has 1 aromatic rings. The van der Waals surface area contributed by atoms with Gasteiger partial charge in [-0.3, -0.25) is 19.5 Å². The third-order valence-electron chi connectivity index (χ3n) is 3.69. The van der Waals surface area contributed by atoms with Gasteiger partial charge in [-0.1, -0.05) is 23.7 Å². The van der Waals surface area contributed by atoms with E-state index in [0.29, 0.717) is 12.8 Å². The topological polar surface area (TPSA) is 71.5 Å². The highest BCUT2D eigenvalue weighted by Crippen LogP contribution is 2.26. The third kappa shape index (κ3) is 5.75. The maximum absolute atomic E-state index is 14.3. The van der Waals surface area contributed by atoms with Crippen LogP contribution in [0.25, 0.3) is 0 Å². The molecule has 0 bridgehead atoms. The van der Waals surface area contributed by atoms with Crippen LogP contribution < -0.4 is 5.32 Å². The summed E-state index contributed by atoms with van der Waals surface area (Å²) >= 11 is 6.10. The molecule has 0 unspecified atom stereocenters. The highest BCUT2D eigenvalue weighted by Gasteiger charge is 2.34. The number of aromatic nitrogens is 1. The lowest BCUT2D eigenvalue weighted by Crippen LogP contribution is -2.41. The standard InChI is InChI=1S/C18H20ClF2N3O3/c1-2-27-16(25)11-24-15(19)9-4-3-7-13(17(24)26)23-12-18(20,21)14-8-5-6-10-22-14/h5-10,23H,2-4,11-12H2,1H3. The van der Waals surface area contributed by atoms with Crippen LogP contribution in [0, 0.1) is 0 Å². The molecule has 1 amide bonds. The number of nitrogens with zero attached hydrogens (tertiary/aromatic N) is 2. The number of nitrogens with one attached hydrogen (secondary N) is 1. The van der Waals surface area contributed by atoms with Crippen molar-refractivity contribution in [3.63, 3.8) is 0 Å². The first-order chi connectivity index (χ1) is 12.8. The molecule has 0 spiro atoms. The van der Waals surface area contributed by atoms with Gasteiger partial charge in [-0.25, -0.2) is 0 Å². The third-order valence-corrected chi connectivity index (χ3v) is 4.05. The molecule has 0 aliphatic carbocycles. The number of ether oxygens (including phenoxy) is 1. The van der Waals surface area contributed by atoms with Crippen molar-refractivity contribution in [3.05, 3.63) is 53.1 Å². The Morgan fingerprint density at radius 1 is 1.37 bits per heavy atom. The zero-order valence-electron chi connectivity index (χ0n) is 14.8. The van der Waals surface area contributed by atoms with Crippen molar-refractivity contribution in [1.82, 2.24) is 15.2 Å². The predicted octanol–water partition coefficient (Wildman–Crippen LogP) is 2.91. The molecule has 1 aromatic heterocycles. The average molecular weight is 400 g/mol. The second-order valence-corrected chi connectivity index (χ2v) is 6.08. The first kappa shape index (κ1) is 20.8. The van der Waals surface area contributed by atoms with E-state index < -0.39 is 36.6 Å². The summed E-state index contributed by atoms with van der Waals surface area (Å²) in [5.74, 6) is -4.60. The van der Waals surface area contributed by atoms with E-state index >= 15 is 0 Å². The lowest BCUT2D eigenvalue weighted by Gasteiger charge is -2.25. The summed E-state index contributed by atoms with van der Waals surface area (Å²) in [6, 6.07) is 4.21. The largest absolute Gasteiger partial charge is 0.465 e. The molecular formula is C18H20ClF2N3O3. The number of rotatable bonds is 7. The number of pyridine rings is 1. The van der Waals surface area contributed by atoms with Crippen molar-refractivity contribution in [2.24, 2.45) is 0 Å². The molecular weight excluding hydrogens is 380 g/mol. The maximum atomic E-state index is 14.3. The highest BCUT2D eigenvalue weighted by molar-refractivity contribution is 6.30. The van der Waals surface area contributed by atoms with Gasteiger partial charge in [-0.2, -0.15) is 8.78 Å². The predicted molar refractivity (Wildman–Crippen MR) is 95.7 cm³/mol. The quantitative estimate of drug-likeness (QED) is 0.564. The van der Waals surface area contributed by atoms with E-state index in [1.807, 2.05) is 0 Å². The summed E-state index contributed by atoms with van der Waals surface area (Å²) in [7, 11) is 0. The second-order valence-electron chi connectivity index (χ2n) is 5.69. The smallest absolute Gasteiger partial charge is 0.326 e. The van der Waals surface area contributed by atoms with Gasteiger partial charge in [0.25, 0.3) is 5.91 Å². The molecule has 0 atom stereocenters. The van der Waals surface area contributed by atoms with Crippen molar-refractivity contribution >= 4 is 23.5 Å². The number of hydrogen-bond acceptors (Lipinski definition) is 5. The first-order valence-corrected chi connectivity index (χ1v) is 8.79. The molecule has 0 aromatic carbocycles. The van der Waals surface area contributed by atoms with Gasteiger partial charge in [0.1, 0.15) is 17.4 Å². The van der Waals surface area contributed by atoms with Crippen LogP contribution in [0.15, 0.2) is 47.4 Å². The molecule has 9 heteroatoms. The fourth-order valence-corrected chi connectivity index (χ4v) is 2.62. The number of alkyl halides is 2. The summed E-state index contributed by atoms with van der Waals surface area (Å²) in [5, 5.41) is 2.53. The monoisotopic (exact) mass is 399 g/mol. The number of esters is 1. The Morgan fingerprint density at radius 2 is 2.11 bits per heavy atom. The van der Waals surface area contributed by atoms with Crippen LogP contribution in [0.1, 0.15) is 25.5 Å². The minimum Gasteiger partial charge on any atom is -0.465 e. The Balaban J connectivity index is 2.12. The average Bonchev–Trinajstić information content (AvgIpc) is 2.65. The highest BCUT2D eigenvalue weighted by atomic mass is 35.5. The van der Waals surface area contributed by atoms with Crippen molar-refractivity contribution in [1.29, 1.82) is 0 Å². The van der Waals surface area contributed by atoms with E-state index in [0.717, 1.165) is 4.90 Å². The molecule has 0 saturated carbocycles. The van der Waals surface area contributed by atoms with Crippen molar-refractivity contribution in [3.8, 4) is 0 Å². The number of carbonyl (C=O) groups is 2. The van der Waals surface area contributed by atoms with Gasteiger partial charge in [0.15, 0.2) is 0 Å².